The number of carbonyl (C=O) groups is 1. The second-order valence-electron chi connectivity index (χ2n) is 4.76. The molecule has 0 radical (unpaired) electrons. The maximum atomic E-state index is 12.8. The van der Waals surface area contributed by atoms with Gasteiger partial charge in [-0.25, -0.2) is 0 Å². The van der Waals surface area contributed by atoms with E-state index in [1.165, 1.54) is 12.1 Å². The fraction of sp³-hybridized carbons (Fsp3) is 0.462. The first kappa shape index (κ1) is 15.0. The molecular formula is C13H14ClF3N2O. The van der Waals surface area contributed by atoms with Crippen LogP contribution in [0.5, 0.6) is 0 Å². The molecule has 2 N–H and O–H groups in total. The summed E-state index contributed by atoms with van der Waals surface area (Å²) in [4.78, 5) is 11.5. The largest absolute Gasteiger partial charge is 0.418 e. The van der Waals surface area contributed by atoms with Crippen molar-refractivity contribution in [3.8, 4) is 0 Å². The molecule has 0 saturated heterocycles. The topological polar surface area (TPSA) is 41.1 Å². The van der Waals surface area contributed by atoms with E-state index < -0.39 is 11.7 Å². The minimum absolute atomic E-state index is 0.0604. The van der Waals surface area contributed by atoms with Gasteiger partial charge in [-0.2, -0.15) is 13.2 Å². The lowest BCUT2D eigenvalue weighted by molar-refractivity contribution is -0.137. The van der Waals surface area contributed by atoms with E-state index in [2.05, 4.69) is 10.6 Å². The molecule has 1 aliphatic rings. The van der Waals surface area contributed by atoms with Crippen LogP contribution in [0, 0.1) is 5.92 Å². The molecule has 20 heavy (non-hydrogen) atoms. The van der Waals surface area contributed by atoms with Crippen LogP contribution in [0.25, 0.3) is 0 Å². The zero-order chi connectivity index (χ0) is 14.8. The highest BCUT2D eigenvalue weighted by molar-refractivity contribution is 6.33. The van der Waals surface area contributed by atoms with Gasteiger partial charge >= 0.3 is 6.18 Å². The Labute approximate surface area is 119 Å². The summed E-state index contributed by atoms with van der Waals surface area (Å²) in [5.74, 6) is 0.176. The molecule has 1 saturated carbocycles. The van der Waals surface area contributed by atoms with E-state index in [1.807, 2.05) is 0 Å². The Morgan fingerprint density at radius 1 is 1.35 bits per heavy atom. The molecule has 1 amide bonds. The van der Waals surface area contributed by atoms with E-state index in [9.17, 15) is 18.0 Å². The number of rotatable bonds is 5. The van der Waals surface area contributed by atoms with Crippen LogP contribution in [0.4, 0.5) is 18.9 Å². The molecule has 110 valence electrons. The van der Waals surface area contributed by atoms with E-state index in [0.29, 0.717) is 12.5 Å². The summed E-state index contributed by atoms with van der Waals surface area (Å²) in [6.07, 6.45) is -2.33. The Kier molecular flexibility index (Phi) is 4.42. The minimum Gasteiger partial charge on any atom is -0.374 e. The molecule has 2 rings (SSSR count). The highest BCUT2D eigenvalue weighted by Crippen LogP contribution is 2.38. The van der Waals surface area contributed by atoms with E-state index in [4.69, 9.17) is 11.6 Å². The average Bonchev–Trinajstić information content (AvgIpc) is 3.17. The molecule has 1 aromatic carbocycles. The van der Waals surface area contributed by atoms with E-state index >= 15 is 0 Å². The number of nitrogens with one attached hydrogen (secondary N) is 2. The molecule has 0 spiro atoms. The Bertz CT molecular complexity index is 501. The molecule has 0 atom stereocenters. The summed E-state index contributed by atoms with van der Waals surface area (Å²) in [6, 6.07) is 3.50. The Morgan fingerprint density at radius 2 is 2.05 bits per heavy atom. The van der Waals surface area contributed by atoms with Gasteiger partial charge in [0.2, 0.25) is 5.91 Å². The average molecular weight is 307 g/mol. The zero-order valence-corrected chi connectivity index (χ0v) is 11.3. The predicted octanol–water partition coefficient (Wildman–Crippen LogP) is 3.30. The molecule has 0 unspecified atom stereocenters. The van der Waals surface area contributed by atoms with Crippen LogP contribution in [0.1, 0.15) is 18.4 Å². The summed E-state index contributed by atoms with van der Waals surface area (Å²) in [6.45, 7) is 0.342. The highest BCUT2D eigenvalue weighted by Gasteiger charge is 2.34. The van der Waals surface area contributed by atoms with Crippen molar-refractivity contribution >= 4 is 23.2 Å². The number of benzene rings is 1. The van der Waals surface area contributed by atoms with Crippen LogP contribution in [0.3, 0.4) is 0 Å². The van der Waals surface area contributed by atoms with Crippen molar-refractivity contribution in [1.29, 1.82) is 0 Å². The van der Waals surface area contributed by atoms with Gasteiger partial charge in [-0.15, -0.1) is 0 Å². The summed E-state index contributed by atoms with van der Waals surface area (Å²) >= 11 is 5.76. The Balaban J connectivity index is 1.98. The normalized spacial score (nSPS) is 15.0. The predicted molar refractivity (Wildman–Crippen MR) is 70.7 cm³/mol. The van der Waals surface area contributed by atoms with Crippen molar-refractivity contribution in [2.45, 2.75) is 19.0 Å². The molecule has 0 aliphatic heterocycles. The zero-order valence-electron chi connectivity index (χ0n) is 10.6. The third-order valence-electron chi connectivity index (χ3n) is 3.03. The first-order chi connectivity index (χ1) is 9.38. The number of para-hydroxylation sites is 1. The molecule has 3 nitrogen and oxygen atoms in total. The third-order valence-corrected chi connectivity index (χ3v) is 3.34. The number of halogens is 4. The van der Waals surface area contributed by atoms with Crippen molar-refractivity contribution in [2.24, 2.45) is 5.92 Å². The van der Waals surface area contributed by atoms with Crippen molar-refractivity contribution in [1.82, 2.24) is 5.32 Å². The van der Waals surface area contributed by atoms with Gasteiger partial charge in [0.05, 0.1) is 22.8 Å². The second-order valence-corrected chi connectivity index (χ2v) is 5.17. The molecule has 0 heterocycles. The van der Waals surface area contributed by atoms with Gasteiger partial charge in [-0.05, 0) is 30.9 Å². The maximum Gasteiger partial charge on any atom is 0.418 e. The SMILES string of the molecule is O=C(CNc1c(Cl)cccc1C(F)(F)F)NCC1CC1. The number of anilines is 1. The van der Waals surface area contributed by atoms with Gasteiger partial charge in [0.1, 0.15) is 0 Å². The number of hydrogen-bond donors (Lipinski definition) is 2. The molecular weight excluding hydrogens is 293 g/mol. The van der Waals surface area contributed by atoms with Crippen LogP contribution in [-0.2, 0) is 11.0 Å². The summed E-state index contributed by atoms with van der Waals surface area (Å²) in [5.41, 5.74) is -1.14. The van der Waals surface area contributed by atoms with Gasteiger partial charge in [0.25, 0.3) is 0 Å². The van der Waals surface area contributed by atoms with Gasteiger partial charge in [-0.3, -0.25) is 4.79 Å². The van der Waals surface area contributed by atoms with Gasteiger partial charge in [0.15, 0.2) is 0 Å². The highest BCUT2D eigenvalue weighted by atomic mass is 35.5. The van der Waals surface area contributed by atoms with E-state index in [-0.39, 0.29) is 23.2 Å². The maximum absolute atomic E-state index is 12.8. The molecule has 1 aromatic rings. The summed E-state index contributed by atoms with van der Waals surface area (Å²) in [5, 5.41) is 5.07. The van der Waals surface area contributed by atoms with Crippen LogP contribution < -0.4 is 10.6 Å². The van der Waals surface area contributed by atoms with Crippen LogP contribution >= 0.6 is 11.6 Å². The number of alkyl halides is 3. The summed E-state index contributed by atoms with van der Waals surface area (Å²) < 4.78 is 38.4. The van der Waals surface area contributed by atoms with Gasteiger partial charge < -0.3 is 10.6 Å². The minimum atomic E-state index is -4.52. The Morgan fingerprint density at radius 3 is 2.65 bits per heavy atom. The fourth-order valence-electron chi connectivity index (χ4n) is 1.75. The molecule has 0 aromatic heterocycles. The Hall–Kier alpha value is -1.43. The van der Waals surface area contributed by atoms with E-state index in [1.54, 1.807) is 0 Å². The lowest BCUT2D eigenvalue weighted by atomic mass is 10.1. The standard InChI is InChI=1S/C13H14ClF3N2O/c14-10-3-1-2-9(13(15,16)17)12(10)19-7-11(20)18-6-8-4-5-8/h1-3,8,19H,4-7H2,(H,18,20). The molecule has 0 bridgehead atoms. The number of hydrogen-bond acceptors (Lipinski definition) is 2. The molecule has 1 fully saturated rings. The lowest BCUT2D eigenvalue weighted by Gasteiger charge is -2.15. The van der Waals surface area contributed by atoms with Crippen LogP contribution in [0.15, 0.2) is 18.2 Å². The number of carbonyl (C=O) groups excluding carboxylic acids is 1. The first-order valence-electron chi connectivity index (χ1n) is 6.24. The van der Waals surface area contributed by atoms with Crippen molar-refractivity contribution in [2.75, 3.05) is 18.4 Å². The summed E-state index contributed by atoms with van der Waals surface area (Å²) in [7, 11) is 0. The van der Waals surface area contributed by atoms with Gasteiger partial charge in [-0.1, -0.05) is 17.7 Å². The second kappa shape index (κ2) is 5.91. The quantitative estimate of drug-likeness (QED) is 0.876. The monoisotopic (exact) mass is 306 g/mol. The smallest absolute Gasteiger partial charge is 0.374 e. The fourth-order valence-corrected chi connectivity index (χ4v) is 1.99. The van der Waals surface area contributed by atoms with Crippen molar-refractivity contribution in [3.05, 3.63) is 28.8 Å². The third kappa shape index (κ3) is 4.03. The lowest BCUT2D eigenvalue weighted by Crippen LogP contribution is -2.31. The van der Waals surface area contributed by atoms with Crippen molar-refractivity contribution in [3.63, 3.8) is 0 Å². The number of amides is 1. The first-order valence-corrected chi connectivity index (χ1v) is 6.62. The van der Waals surface area contributed by atoms with Gasteiger partial charge in [0, 0.05) is 6.54 Å². The van der Waals surface area contributed by atoms with Crippen LogP contribution in [-0.4, -0.2) is 19.0 Å². The molecule has 7 heteroatoms. The van der Waals surface area contributed by atoms with E-state index in [0.717, 1.165) is 18.9 Å². The molecule has 1 aliphatic carbocycles. The van der Waals surface area contributed by atoms with Crippen LogP contribution in [0.2, 0.25) is 5.02 Å². The van der Waals surface area contributed by atoms with Crippen molar-refractivity contribution < 1.29 is 18.0 Å².